The number of carboxylic acids is 1. The van der Waals surface area contributed by atoms with Crippen LogP contribution in [0.2, 0.25) is 0 Å². The van der Waals surface area contributed by atoms with Crippen LogP contribution in [0, 0.1) is 11.3 Å². The number of Topliss-reactive ketones (excluding diaryl/α,β-unsaturated/α-hetero) is 1. The number of nitrogens with one attached hydrogen (secondary N) is 2. The van der Waals surface area contributed by atoms with E-state index in [2.05, 4.69) is 21.2 Å². The molecule has 0 aliphatic rings. The number of ketones is 1. The highest BCUT2D eigenvalue weighted by molar-refractivity contribution is 6.25. The van der Waals surface area contributed by atoms with Gasteiger partial charge in [0.1, 0.15) is 18.2 Å². The fraction of sp³-hybridized carbons (Fsp3) is 0.316. The van der Waals surface area contributed by atoms with Gasteiger partial charge in [-0.05, 0) is 18.1 Å². The van der Waals surface area contributed by atoms with E-state index in [1.54, 1.807) is 24.4 Å². The normalized spacial score (nSPS) is 12.4. The number of nitrogens with zero attached hydrogens (tertiary/aromatic N) is 3. The number of amides is 1. The van der Waals surface area contributed by atoms with Gasteiger partial charge in [0.05, 0.1) is 11.1 Å². The highest BCUT2D eigenvalue weighted by Gasteiger charge is 2.27. The Bertz CT molecular complexity index is 1020. The number of carbonyl (C=O) groups is 3. The average Bonchev–Trinajstić information content (AvgIpc) is 3.11. The highest BCUT2D eigenvalue weighted by atomic mass is 16.5. The molecule has 10 nitrogen and oxygen atoms in total. The van der Waals surface area contributed by atoms with Gasteiger partial charge in [-0.25, -0.2) is 4.79 Å². The minimum atomic E-state index is -1.30. The summed E-state index contributed by atoms with van der Waals surface area (Å²) in [6.07, 6.45) is 1.15. The number of aromatic amines is 1. The average molecular weight is 397 g/mol. The standard InChI is InChI=1S/C19H19N5O5/c1-29-16(7-12-9-22-17-11(8-20)3-2-4-14(12)17)18(26)24-15(19(27)28)6-5-13(25)10-23-21/h2-4,9-10,15-16,22H,5-7H2,1H3,(H,24,26)(H,27,28). The number of hydrogen-bond donors (Lipinski definition) is 3. The molecule has 2 rings (SSSR count). The van der Waals surface area contributed by atoms with Crippen LogP contribution in [0.4, 0.5) is 0 Å². The summed E-state index contributed by atoms with van der Waals surface area (Å²) in [5.74, 6) is -2.51. The Morgan fingerprint density at radius 1 is 1.45 bits per heavy atom. The molecule has 0 fully saturated rings. The Morgan fingerprint density at radius 2 is 2.21 bits per heavy atom. The van der Waals surface area contributed by atoms with Gasteiger partial charge in [-0.15, -0.1) is 0 Å². The van der Waals surface area contributed by atoms with Gasteiger partial charge in [0.15, 0.2) is 0 Å². The number of fused-ring (bicyclic) bond motifs is 1. The molecule has 10 heteroatoms. The maximum atomic E-state index is 12.5. The fourth-order valence-electron chi connectivity index (χ4n) is 2.89. The molecule has 1 amide bonds. The summed E-state index contributed by atoms with van der Waals surface area (Å²) in [5, 5.41) is 21.6. The molecule has 0 aliphatic heterocycles. The van der Waals surface area contributed by atoms with Crippen molar-refractivity contribution in [2.24, 2.45) is 0 Å². The molecule has 1 aromatic heterocycles. The molecule has 0 saturated heterocycles. The van der Waals surface area contributed by atoms with E-state index in [9.17, 15) is 24.8 Å². The van der Waals surface area contributed by atoms with Gasteiger partial charge < -0.3 is 25.7 Å². The largest absolute Gasteiger partial charge is 0.480 e. The zero-order chi connectivity index (χ0) is 21.4. The SMILES string of the molecule is COC(Cc1c[nH]c2c(C#N)cccc12)C(=O)NC(CCC(=O)C=[N+]=[N-])C(=O)O. The number of aromatic nitrogens is 1. The van der Waals surface area contributed by atoms with Crippen molar-refractivity contribution in [1.29, 1.82) is 5.26 Å². The number of carboxylic acid groups (broad SMARTS) is 1. The second-order valence-corrected chi connectivity index (χ2v) is 6.23. The maximum absolute atomic E-state index is 12.5. The lowest BCUT2D eigenvalue weighted by molar-refractivity contribution is -0.144. The van der Waals surface area contributed by atoms with Crippen molar-refractivity contribution in [3.63, 3.8) is 0 Å². The Hall–Kier alpha value is -3.80. The summed E-state index contributed by atoms with van der Waals surface area (Å²) in [6.45, 7) is 0. The third-order valence-corrected chi connectivity index (χ3v) is 4.40. The first kappa shape index (κ1) is 21.5. The van der Waals surface area contributed by atoms with E-state index in [0.29, 0.717) is 17.3 Å². The van der Waals surface area contributed by atoms with E-state index in [1.807, 2.05) is 0 Å². The van der Waals surface area contributed by atoms with Crippen LogP contribution < -0.4 is 5.32 Å². The minimum absolute atomic E-state index is 0.152. The van der Waals surface area contributed by atoms with Gasteiger partial charge in [-0.1, -0.05) is 12.1 Å². The zero-order valence-electron chi connectivity index (χ0n) is 15.6. The molecule has 29 heavy (non-hydrogen) atoms. The predicted octanol–water partition coefficient (Wildman–Crippen LogP) is 0.816. The molecule has 0 radical (unpaired) electrons. The number of hydrogen-bond acceptors (Lipinski definition) is 5. The first-order valence-electron chi connectivity index (χ1n) is 8.66. The molecular weight excluding hydrogens is 378 g/mol. The number of rotatable bonds is 10. The number of para-hydroxylation sites is 1. The molecule has 0 spiro atoms. The summed E-state index contributed by atoms with van der Waals surface area (Å²) in [7, 11) is 1.33. The van der Waals surface area contributed by atoms with E-state index in [-0.39, 0.29) is 19.3 Å². The van der Waals surface area contributed by atoms with Gasteiger partial charge >= 0.3 is 12.2 Å². The highest BCUT2D eigenvalue weighted by Crippen LogP contribution is 2.23. The molecule has 2 atom stereocenters. The third kappa shape index (κ3) is 5.35. The lowest BCUT2D eigenvalue weighted by atomic mass is 10.0. The molecular formula is C19H19N5O5. The first-order chi connectivity index (χ1) is 13.9. The molecule has 0 saturated carbocycles. The Labute approximate surface area is 165 Å². The van der Waals surface area contributed by atoms with Crippen molar-refractivity contribution in [1.82, 2.24) is 10.3 Å². The van der Waals surface area contributed by atoms with Gasteiger partial charge in [0.2, 0.25) is 11.7 Å². The van der Waals surface area contributed by atoms with Gasteiger partial charge in [-0.2, -0.15) is 10.1 Å². The Kier molecular flexibility index (Phi) is 7.37. The number of H-pyrrole nitrogens is 1. The third-order valence-electron chi connectivity index (χ3n) is 4.40. The van der Waals surface area contributed by atoms with Crippen LogP contribution in [0.1, 0.15) is 24.0 Å². The van der Waals surface area contributed by atoms with Gasteiger partial charge in [0.25, 0.3) is 0 Å². The van der Waals surface area contributed by atoms with Crippen LogP contribution in [0.3, 0.4) is 0 Å². The van der Waals surface area contributed by atoms with E-state index >= 15 is 0 Å². The second-order valence-electron chi connectivity index (χ2n) is 6.23. The first-order valence-corrected chi connectivity index (χ1v) is 8.66. The van der Waals surface area contributed by atoms with Crippen LogP contribution in [0.5, 0.6) is 0 Å². The number of ether oxygens (including phenoxy) is 1. The van der Waals surface area contributed by atoms with E-state index in [0.717, 1.165) is 10.9 Å². The molecule has 3 N–H and O–H groups in total. The molecule has 2 aromatic rings. The van der Waals surface area contributed by atoms with E-state index < -0.39 is 29.8 Å². The number of carbonyl (C=O) groups excluding carboxylic acids is 2. The summed E-state index contributed by atoms with van der Waals surface area (Å²) >= 11 is 0. The number of methoxy groups -OCH3 is 1. The van der Waals surface area contributed by atoms with E-state index in [4.69, 9.17) is 10.3 Å². The summed E-state index contributed by atoms with van der Waals surface area (Å²) in [6, 6.07) is 5.99. The number of nitriles is 1. The molecule has 0 bridgehead atoms. The van der Waals surface area contributed by atoms with Crippen LogP contribution in [-0.4, -0.2) is 58.0 Å². The van der Waals surface area contributed by atoms with Crippen LogP contribution in [0.15, 0.2) is 24.4 Å². The zero-order valence-corrected chi connectivity index (χ0v) is 15.6. The van der Waals surface area contributed by atoms with Crippen molar-refractivity contribution in [3.8, 4) is 6.07 Å². The molecule has 150 valence electrons. The van der Waals surface area contributed by atoms with Crippen molar-refractivity contribution in [2.75, 3.05) is 7.11 Å². The minimum Gasteiger partial charge on any atom is -0.480 e. The second kappa shape index (κ2) is 9.94. The summed E-state index contributed by atoms with van der Waals surface area (Å²) in [4.78, 5) is 40.9. The fourth-order valence-corrected chi connectivity index (χ4v) is 2.89. The number of benzene rings is 1. The quantitative estimate of drug-likeness (QED) is 0.304. The number of aliphatic carboxylic acids is 1. The van der Waals surface area contributed by atoms with Gasteiger partial charge in [-0.3, -0.25) is 9.59 Å². The molecule has 1 heterocycles. The Balaban J connectivity index is 2.11. The van der Waals surface area contributed by atoms with Crippen LogP contribution in [-0.2, 0) is 25.5 Å². The lowest BCUT2D eigenvalue weighted by Gasteiger charge is -2.19. The van der Waals surface area contributed by atoms with Crippen molar-refractivity contribution >= 4 is 34.8 Å². The molecule has 1 aromatic carbocycles. The van der Waals surface area contributed by atoms with Crippen molar-refractivity contribution in [2.45, 2.75) is 31.4 Å². The molecule has 0 aliphatic carbocycles. The van der Waals surface area contributed by atoms with Gasteiger partial charge in [0, 0.05) is 31.5 Å². The molecule has 2 unspecified atom stereocenters. The predicted molar refractivity (Wildman–Crippen MR) is 101 cm³/mol. The van der Waals surface area contributed by atoms with Crippen molar-refractivity contribution < 1.29 is 29.0 Å². The summed E-state index contributed by atoms with van der Waals surface area (Å²) in [5.41, 5.74) is 10.2. The van der Waals surface area contributed by atoms with Crippen LogP contribution in [0.25, 0.3) is 16.4 Å². The monoisotopic (exact) mass is 397 g/mol. The summed E-state index contributed by atoms with van der Waals surface area (Å²) < 4.78 is 5.23. The lowest BCUT2D eigenvalue weighted by Crippen LogP contribution is -2.46. The van der Waals surface area contributed by atoms with E-state index in [1.165, 1.54) is 7.11 Å². The topological polar surface area (TPSA) is 169 Å². The smallest absolute Gasteiger partial charge is 0.326 e. The Morgan fingerprint density at radius 3 is 2.83 bits per heavy atom. The maximum Gasteiger partial charge on any atom is 0.326 e. The van der Waals surface area contributed by atoms with Crippen LogP contribution >= 0.6 is 0 Å². The van der Waals surface area contributed by atoms with Crippen molar-refractivity contribution in [3.05, 3.63) is 41.1 Å².